The Morgan fingerprint density at radius 3 is 2.33 bits per heavy atom. The van der Waals surface area contributed by atoms with Gasteiger partial charge in [-0.25, -0.2) is 0 Å². The molecule has 0 aromatic carbocycles. The summed E-state index contributed by atoms with van der Waals surface area (Å²) in [6.07, 6.45) is 2.42. The minimum absolute atomic E-state index is 0.483. The summed E-state index contributed by atoms with van der Waals surface area (Å²) in [5.41, 5.74) is 5.77. The van der Waals surface area contributed by atoms with Crippen molar-refractivity contribution >= 4 is 0 Å². The van der Waals surface area contributed by atoms with Crippen molar-refractivity contribution in [3.8, 4) is 0 Å². The summed E-state index contributed by atoms with van der Waals surface area (Å²) < 4.78 is 0. The lowest BCUT2D eigenvalue weighted by molar-refractivity contribution is 0.104. The Hall–Kier alpha value is -0.0800. The number of hydrogen-bond acceptors (Lipinski definition) is 2. The van der Waals surface area contributed by atoms with E-state index >= 15 is 0 Å². The SMILES string of the molecule is CCN(CC(C)C)C1CC(N)C1. The first-order chi connectivity index (χ1) is 5.63. The van der Waals surface area contributed by atoms with Crippen molar-refractivity contribution in [2.75, 3.05) is 13.1 Å². The third-order valence-corrected chi connectivity index (χ3v) is 2.67. The maximum absolute atomic E-state index is 5.77. The highest BCUT2D eigenvalue weighted by Crippen LogP contribution is 2.24. The first-order valence-corrected chi connectivity index (χ1v) is 5.13. The van der Waals surface area contributed by atoms with E-state index in [2.05, 4.69) is 25.7 Å². The van der Waals surface area contributed by atoms with E-state index in [-0.39, 0.29) is 0 Å². The second kappa shape index (κ2) is 4.24. The Morgan fingerprint density at radius 1 is 1.42 bits per heavy atom. The van der Waals surface area contributed by atoms with Gasteiger partial charge in [-0.05, 0) is 25.3 Å². The fourth-order valence-corrected chi connectivity index (χ4v) is 1.93. The van der Waals surface area contributed by atoms with Crippen molar-refractivity contribution in [3.05, 3.63) is 0 Å². The molecular formula is C10H22N2. The quantitative estimate of drug-likeness (QED) is 0.692. The molecule has 0 aromatic heterocycles. The molecule has 0 atom stereocenters. The zero-order valence-electron chi connectivity index (χ0n) is 8.59. The van der Waals surface area contributed by atoms with E-state index in [4.69, 9.17) is 5.73 Å². The smallest absolute Gasteiger partial charge is 0.0125 e. The summed E-state index contributed by atoms with van der Waals surface area (Å²) in [5.74, 6) is 0.779. The van der Waals surface area contributed by atoms with Crippen LogP contribution < -0.4 is 5.73 Å². The number of nitrogens with zero attached hydrogens (tertiary/aromatic N) is 1. The van der Waals surface area contributed by atoms with Gasteiger partial charge in [0, 0.05) is 18.6 Å². The van der Waals surface area contributed by atoms with Crippen LogP contribution >= 0.6 is 0 Å². The molecule has 1 rings (SSSR count). The average molecular weight is 170 g/mol. The van der Waals surface area contributed by atoms with Gasteiger partial charge in [-0.3, -0.25) is 0 Å². The Labute approximate surface area is 76.1 Å². The van der Waals surface area contributed by atoms with E-state index in [1.54, 1.807) is 0 Å². The van der Waals surface area contributed by atoms with Crippen LogP contribution in [0.5, 0.6) is 0 Å². The molecular weight excluding hydrogens is 148 g/mol. The van der Waals surface area contributed by atoms with Gasteiger partial charge in [-0.1, -0.05) is 20.8 Å². The second-order valence-electron chi connectivity index (χ2n) is 4.37. The van der Waals surface area contributed by atoms with Crippen LogP contribution in [0.25, 0.3) is 0 Å². The van der Waals surface area contributed by atoms with Crippen LogP contribution in [-0.4, -0.2) is 30.1 Å². The van der Waals surface area contributed by atoms with E-state index < -0.39 is 0 Å². The van der Waals surface area contributed by atoms with Crippen LogP contribution in [0.1, 0.15) is 33.6 Å². The fraction of sp³-hybridized carbons (Fsp3) is 1.00. The highest BCUT2D eigenvalue weighted by Gasteiger charge is 2.30. The van der Waals surface area contributed by atoms with Crippen LogP contribution in [0.15, 0.2) is 0 Å². The van der Waals surface area contributed by atoms with Crippen LogP contribution in [0.2, 0.25) is 0 Å². The molecule has 0 unspecified atom stereocenters. The second-order valence-corrected chi connectivity index (χ2v) is 4.37. The van der Waals surface area contributed by atoms with Gasteiger partial charge >= 0.3 is 0 Å². The van der Waals surface area contributed by atoms with Crippen molar-refractivity contribution < 1.29 is 0 Å². The van der Waals surface area contributed by atoms with E-state index in [1.807, 2.05) is 0 Å². The molecule has 0 aromatic rings. The molecule has 1 saturated carbocycles. The largest absolute Gasteiger partial charge is 0.328 e. The molecule has 2 nitrogen and oxygen atoms in total. The summed E-state index contributed by atoms with van der Waals surface area (Å²) in [4.78, 5) is 2.56. The molecule has 0 bridgehead atoms. The lowest BCUT2D eigenvalue weighted by Gasteiger charge is -2.41. The summed E-state index contributed by atoms with van der Waals surface area (Å²) in [6, 6.07) is 1.27. The molecule has 0 radical (unpaired) electrons. The van der Waals surface area contributed by atoms with Crippen LogP contribution in [0.4, 0.5) is 0 Å². The van der Waals surface area contributed by atoms with Crippen molar-refractivity contribution in [1.82, 2.24) is 4.90 Å². The third kappa shape index (κ3) is 2.46. The van der Waals surface area contributed by atoms with Crippen molar-refractivity contribution in [2.24, 2.45) is 11.7 Å². The maximum atomic E-state index is 5.77. The van der Waals surface area contributed by atoms with Gasteiger partial charge in [0.25, 0.3) is 0 Å². The third-order valence-electron chi connectivity index (χ3n) is 2.67. The monoisotopic (exact) mass is 170 g/mol. The lowest BCUT2D eigenvalue weighted by Crippen LogP contribution is -2.51. The Morgan fingerprint density at radius 2 is 2.00 bits per heavy atom. The maximum Gasteiger partial charge on any atom is 0.0125 e. The standard InChI is InChI=1S/C10H22N2/c1-4-12(7-8(2)3)10-5-9(11)6-10/h8-10H,4-7,11H2,1-3H3. The van der Waals surface area contributed by atoms with Crippen molar-refractivity contribution in [1.29, 1.82) is 0 Å². The van der Waals surface area contributed by atoms with Gasteiger partial charge < -0.3 is 10.6 Å². The van der Waals surface area contributed by atoms with Gasteiger partial charge in [-0.15, -0.1) is 0 Å². The van der Waals surface area contributed by atoms with E-state index in [1.165, 1.54) is 25.9 Å². The molecule has 0 spiro atoms. The molecule has 1 aliphatic rings. The first-order valence-electron chi connectivity index (χ1n) is 5.13. The van der Waals surface area contributed by atoms with Gasteiger partial charge in [0.1, 0.15) is 0 Å². The molecule has 2 heteroatoms. The topological polar surface area (TPSA) is 29.3 Å². The molecule has 2 N–H and O–H groups in total. The highest BCUT2D eigenvalue weighted by atomic mass is 15.2. The average Bonchev–Trinajstić information content (AvgIpc) is 1.94. The summed E-state index contributed by atoms with van der Waals surface area (Å²) >= 11 is 0. The zero-order chi connectivity index (χ0) is 9.14. The first kappa shape index (κ1) is 10.0. The van der Waals surface area contributed by atoms with E-state index in [9.17, 15) is 0 Å². The molecule has 0 heterocycles. The van der Waals surface area contributed by atoms with Crippen LogP contribution in [-0.2, 0) is 0 Å². The van der Waals surface area contributed by atoms with E-state index in [0.29, 0.717) is 6.04 Å². The minimum Gasteiger partial charge on any atom is -0.328 e. The summed E-state index contributed by atoms with van der Waals surface area (Å²) in [6.45, 7) is 9.21. The molecule has 72 valence electrons. The highest BCUT2D eigenvalue weighted by molar-refractivity contribution is 4.89. The minimum atomic E-state index is 0.483. The van der Waals surface area contributed by atoms with Gasteiger partial charge in [0.15, 0.2) is 0 Å². The molecule has 12 heavy (non-hydrogen) atoms. The molecule has 0 amide bonds. The summed E-state index contributed by atoms with van der Waals surface area (Å²) in [5, 5.41) is 0. The van der Waals surface area contributed by atoms with Crippen LogP contribution in [0, 0.1) is 5.92 Å². The number of nitrogens with two attached hydrogens (primary N) is 1. The molecule has 0 saturated heterocycles. The number of hydrogen-bond donors (Lipinski definition) is 1. The predicted octanol–water partition coefficient (Wildman–Crippen LogP) is 1.45. The molecule has 1 aliphatic carbocycles. The Kier molecular flexibility index (Phi) is 3.53. The van der Waals surface area contributed by atoms with E-state index in [0.717, 1.165) is 12.0 Å². The van der Waals surface area contributed by atoms with Crippen molar-refractivity contribution in [2.45, 2.75) is 45.7 Å². The fourth-order valence-electron chi connectivity index (χ4n) is 1.93. The lowest BCUT2D eigenvalue weighted by atomic mass is 9.86. The predicted molar refractivity (Wildman–Crippen MR) is 53.1 cm³/mol. The Balaban J connectivity index is 2.26. The normalized spacial score (nSPS) is 29.5. The van der Waals surface area contributed by atoms with Gasteiger partial charge in [0.05, 0.1) is 0 Å². The zero-order valence-corrected chi connectivity index (χ0v) is 8.59. The Bertz CT molecular complexity index is 128. The van der Waals surface area contributed by atoms with Crippen LogP contribution in [0.3, 0.4) is 0 Å². The summed E-state index contributed by atoms with van der Waals surface area (Å²) in [7, 11) is 0. The van der Waals surface area contributed by atoms with Gasteiger partial charge in [0.2, 0.25) is 0 Å². The molecule has 1 fully saturated rings. The number of rotatable bonds is 4. The van der Waals surface area contributed by atoms with Crippen molar-refractivity contribution in [3.63, 3.8) is 0 Å². The molecule has 0 aliphatic heterocycles. The van der Waals surface area contributed by atoms with Gasteiger partial charge in [-0.2, -0.15) is 0 Å².